The van der Waals surface area contributed by atoms with Crippen LogP contribution >= 0.6 is 11.8 Å². The Bertz CT molecular complexity index is 498. The van der Waals surface area contributed by atoms with Gasteiger partial charge in [0.15, 0.2) is 0 Å². The van der Waals surface area contributed by atoms with Crippen molar-refractivity contribution in [2.24, 2.45) is 0 Å². The summed E-state index contributed by atoms with van der Waals surface area (Å²) in [6.07, 6.45) is 2.49. The predicted octanol–water partition coefficient (Wildman–Crippen LogP) is 1.97. The SMILES string of the molecule is CSCCC(O)C(=O)N1CCCN(Cc2ccc(F)cc2)CC1. The van der Waals surface area contributed by atoms with Crippen molar-refractivity contribution >= 4 is 17.7 Å². The van der Waals surface area contributed by atoms with E-state index in [1.165, 1.54) is 12.1 Å². The molecular weight excluding hydrogens is 315 g/mol. The standard InChI is InChI=1S/C17H25FN2O2S/c1-23-12-7-16(21)17(22)20-9-2-8-19(10-11-20)13-14-3-5-15(18)6-4-14/h3-6,16,21H,2,7-13H2,1H3. The third kappa shape index (κ3) is 5.79. The summed E-state index contributed by atoms with van der Waals surface area (Å²) in [5.41, 5.74) is 1.08. The first-order valence-electron chi connectivity index (χ1n) is 8.02. The average Bonchev–Trinajstić information content (AvgIpc) is 2.79. The number of carbonyl (C=O) groups excluding carboxylic acids is 1. The minimum Gasteiger partial charge on any atom is -0.383 e. The zero-order chi connectivity index (χ0) is 16.7. The van der Waals surface area contributed by atoms with Gasteiger partial charge in [0.25, 0.3) is 5.91 Å². The van der Waals surface area contributed by atoms with Gasteiger partial charge in [-0.15, -0.1) is 0 Å². The second-order valence-electron chi connectivity index (χ2n) is 5.88. The minimum atomic E-state index is -0.883. The fourth-order valence-electron chi connectivity index (χ4n) is 2.76. The minimum absolute atomic E-state index is 0.150. The number of hydrogen-bond acceptors (Lipinski definition) is 4. The lowest BCUT2D eigenvalue weighted by Crippen LogP contribution is -2.41. The monoisotopic (exact) mass is 340 g/mol. The summed E-state index contributed by atoms with van der Waals surface area (Å²) in [6.45, 7) is 3.77. The van der Waals surface area contributed by atoms with Crippen molar-refractivity contribution < 1.29 is 14.3 Å². The average molecular weight is 340 g/mol. The molecule has 1 aromatic carbocycles. The van der Waals surface area contributed by atoms with E-state index in [4.69, 9.17) is 0 Å². The number of halogens is 1. The van der Waals surface area contributed by atoms with E-state index in [9.17, 15) is 14.3 Å². The van der Waals surface area contributed by atoms with Gasteiger partial charge in [0.2, 0.25) is 0 Å². The summed E-state index contributed by atoms with van der Waals surface area (Å²) in [6, 6.07) is 6.56. The number of amides is 1. The molecule has 0 saturated carbocycles. The molecule has 128 valence electrons. The molecule has 6 heteroatoms. The maximum absolute atomic E-state index is 13.0. The Morgan fingerprint density at radius 2 is 2.00 bits per heavy atom. The molecule has 1 aliphatic rings. The second-order valence-corrected chi connectivity index (χ2v) is 6.86. The molecule has 1 saturated heterocycles. The molecule has 1 N–H and O–H groups in total. The maximum atomic E-state index is 13.0. The number of benzene rings is 1. The van der Waals surface area contributed by atoms with Gasteiger partial charge in [-0.1, -0.05) is 12.1 Å². The number of aliphatic hydroxyl groups excluding tert-OH is 1. The summed E-state index contributed by atoms with van der Waals surface area (Å²) in [5, 5.41) is 9.97. The van der Waals surface area contributed by atoms with Gasteiger partial charge < -0.3 is 10.0 Å². The van der Waals surface area contributed by atoms with Crippen molar-refractivity contribution in [1.29, 1.82) is 0 Å². The molecule has 4 nitrogen and oxygen atoms in total. The fraction of sp³-hybridized carbons (Fsp3) is 0.588. The van der Waals surface area contributed by atoms with Gasteiger partial charge in [0.1, 0.15) is 11.9 Å². The molecule has 1 atom stereocenters. The molecule has 0 bridgehead atoms. The number of hydrogen-bond donors (Lipinski definition) is 1. The van der Waals surface area contributed by atoms with Crippen LogP contribution in [0, 0.1) is 5.82 Å². The van der Waals surface area contributed by atoms with Crippen LogP contribution < -0.4 is 0 Å². The van der Waals surface area contributed by atoms with Gasteiger partial charge in [-0.25, -0.2) is 4.39 Å². The third-order valence-electron chi connectivity index (χ3n) is 4.10. The van der Waals surface area contributed by atoms with Crippen LogP contribution in [-0.4, -0.2) is 65.1 Å². The van der Waals surface area contributed by atoms with Gasteiger partial charge in [0.05, 0.1) is 0 Å². The second kappa shape index (κ2) is 9.25. The van der Waals surface area contributed by atoms with Crippen molar-refractivity contribution in [2.75, 3.05) is 38.2 Å². The maximum Gasteiger partial charge on any atom is 0.251 e. The quantitative estimate of drug-likeness (QED) is 0.860. The Hall–Kier alpha value is -1.11. The Labute approximate surface area is 141 Å². The van der Waals surface area contributed by atoms with Gasteiger partial charge >= 0.3 is 0 Å². The van der Waals surface area contributed by atoms with Crippen LogP contribution in [0.15, 0.2) is 24.3 Å². The van der Waals surface area contributed by atoms with E-state index in [1.54, 1.807) is 28.8 Å². The van der Waals surface area contributed by atoms with Crippen LogP contribution in [0.4, 0.5) is 4.39 Å². The van der Waals surface area contributed by atoms with E-state index in [-0.39, 0.29) is 11.7 Å². The molecule has 2 rings (SSSR count). The molecule has 0 spiro atoms. The molecular formula is C17H25FN2O2S. The first-order valence-corrected chi connectivity index (χ1v) is 9.42. The van der Waals surface area contributed by atoms with Crippen LogP contribution in [0.25, 0.3) is 0 Å². The van der Waals surface area contributed by atoms with Crippen LogP contribution in [0.2, 0.25) is 0 Å². The van der Waals surface area contributed by atoms with E-state index >= 15 is 0 Å². The summed E-state index contributed by atoms with van der Waals surface area (Å²) in [4.78, 5) is 16.3. The third-order valence-corrected chi connectivity index (χ3v) is 4.74. The predicted molar refractivity (Wildman–Crippen MR) is 91.9 cm³/mol. The number of rotatable bonds is 6. The Balaban J connectivity index is 1.84. The highest BCUT2D eigenvalue weighted by Crippen LogP contribution is 2.12. The van der Waals surface area contributed by atoms with E-state index in [2.05, 4.69) is 4.90 Å². The summed E-state index contributed by atoms with van der Waals surface area (Å²) < 4.78 is 13.0. The smallest absolute Gasteiger partial charge is 0.251 e. The van der Waals surface area contributed by atoms with E-state index in [0.717, 1.165) is 37.4 Å². The first-order chi connectivity index (χ1) is 11.1. The zero-order valence-corrected chi connectivity index (χ0v) is 14.4. The van der Waals surface area contributed by atoms with Crippen molar-refractivity contribution in [1.82, 2.24) is 9.80 Å². The lowest BCUT2D eigenvalue weighted by atomic mass is 10.2. The van der Waals surface area contributed by atoms with Crippen LogP contribution in [0.3, 0.4) is 0 Å². The molecule has 1 amide bonds. The Kier molecular flexibility index (Phi) is 7.33. The molecule has 1 heterocycles. The topological polar surface area (TPSA) is 43.8 Å². The van der Waals surface area contributed by atoms with Gasteiger partial charge in [-0.2, -0.15) is 11.8 Å². The zero-order valence-electron chi connectivity index (χ0n) is 13.6. The number of thioether (sulfide) groups is 1. The number of carbonyl (C=O) groups is 1. The largest absolute Gasteiger partial charge is 0.383 e. The highest BCUT2D eigenvalue weighted by Gasteiger charge is 2.24. The normalized spacial score (nSPS) is 17.8. The molecule has 1 unspecified atom stereocenters. The molecule has 1 aromatic rings. The summed E-state index contributed by atoms with van der Waals surface area (Å²) >= 11 is 1.64. The molecule has 1 fully saturated rings. The molecule has 1 aliphatic heterocycles. The van der Waals surface area contributed by atoms with Crippen molar-refractivity contribution in [3.63, 3.8) is 0 Å². The molecule has 0 aliphatic carbocycles. The van der Waals surface area contributed by atoms with Crippen molar-refractivity contribution in [3.8, 4) is 0 Å². The lowest BCUT2D eigenvalue weighted by molar-refractivity contribution is -0.140. The summed E-state index contributed by atoms with van der Waals surface area (Å²) in [7, 11) is 0. The van der Waals surface area contributed by atoms with E-state index in [1.807, 2.05) is 6.26 Å². The molecule has 23 heavy (non-hydrogen) atoms. The van der Waals surface area contributed by atoms with Crippen molar-refractivity contribution in [3.05, 3.63) is 35.6 Å². The molecule has 0 aromatic heterocycles. The summed E-state index contributed by atoms with van der Waals surface area (Å²) in [5.74, 6) is 0.417. The van der Waals surface area contributed by atoms with E-state index < -0.39 is 6.10 Å². The van der Waals surface area contributed by atoms with Gasteiger partial charge in [-0.3, -0.25) is 9.69 Å². The lowest BCUT2D eigenvalue weighted by Gasteiger charge is -2.24. The first kappa shape index (κ1) is 18.2. The Morgan fingerprint density at radius 1 is 1.26 bits per heavy atom. The van der Waals surface area contributed by atoms with Crippen LogP contribution in [0.1, 0.15) is 18.4 Å². The Morgan fingerprint density at radius 3 is 2.70 bits per heavy atom. The number of nitrogens with zero attached hydrogens (tertiary/aromatic N) is 2. The van der Waals surface area contributed by atoms with Crippen LogP contribution in [0.5, 0.6) is 0 Å². The highest BCUT2D eigenvalue weighted by atomic mass is 32.2. The van der Waals surface area contributed by atoms with Crippen LogP contribution in [-0.2, 0) is 11.3 Å². The number of aliphatic hydroxyl groups is 1. The van der Waals surface area contributed by atoms with E-state index in [0.29, 0.717) is 19.5 Å². The molecule has 0 radical (unpaired) electrons. The van der Waals surface area contributed by atoms with Gasteiger partial charge in [-0.05, 0) is 42.5 Å². The fourth-order valence-corrected chi connectivity index (χ4v) is 3.22. The van der Waals surface area contributed by atoms with Gasteiger partial charge in [0, 0.05) is 32.7 Å². The van der Waals surface area contributed by atoms with Crippen molar-refractivity contribution in [2.45, 2.75) is 25.5 Å². The highest BCUT2D eigenvalue weighted by molar-refractivity contribution is 7.98.